The summed E-state index contributed by atoms with van der Waals surface area (Å²) in [7, 11) is 0. The standard InChI is InChI=1S/C29H24ClN5OS/c1-19-10-16-24(17-11-19)35-28(22-12-14-23(30)15-13-22)33-34-29(35)37-18-27(36)32-31-20(2)25-9-5-7-21-6-3-4-8-26(21)25/h3-17H,18H2,1-2H3,(H,32,36). The Hall–Kier alpha value is -3.94. The van der Waals surface area contributed by atoms with Gasteiger partial charge in [-0.15, -0.1) is 10.2 Å². The molecule has 0 fully saturated rings. The number of hydrogen-bond acceptors (Lipinski definition) is 5. The zero-order chi connectivity index (χ0) is 25.8. The van der Waals surface area contributed by atoms with E-state index >= 15 is 0 Å². The molecule has 1 amide bonds. The number of nitrogens with one attached hydrogen (secondary N) is 1. The fraction of sp³-hybridized carbons (Fsp3) is 0.103. The van der Waals surface area contributed by atoms with Crippen molar-refractivity contribution >= 4 is 45.8 Å². The topological polar surface area (TPSA) is 72.2 Å². The van der Waals surface area contributed by atoms with Crippen LogP contribution in [0, 0.1) is 6.92 Å². The predicted octanol–water partition coefficient (Wildman–Crippen LogP) is 6.68. The number of carbonyl (C=O) groups excluding carboxylic acids is 1. The molecule has 6 nitrogen and oxygen atoms in total. The van der Waals surface area contributed by atoms with Crippen LogP contribution in [0.15, 0.2) is 101 Å². The molecule has 5 rings (SSSR count). The first kappa shape index (κ1) is 24.7. The molecule has 0 saturated carbocycles. The van der Waals surface area contributed by atoms with Gasteiger partial charge in [-0.1, -0.05) is 83.5 Å². The van der Waals surface area contributed by atoms with E-state index in [9.17, 15) is 4.79 Å². The SMILES string of the molecule is CC(=NNC(=O)CSc1nnc(-c2ccc(Cl)cc2)n1-c1ccc(C)cc1)c1cccc2ccccc12. The molecule has 0 radical (unpaired) electrons. The van der Waals surface area contributed by atoms with Crippen LogP contribution in [0.3, 0.4) is 0 Å². The van der Waals surface area contributed by atoms with Crippen molar-refractivity contribution in [1.29, 1.82) is 0 Å². The van der Waals surface area contributed by atoms with Crippen LogP contribution in [0.25, 0.3) is 27.8 Å². The van der Waals surface area contributed by atoms with E-state index in [0.29, 0.717) is 16.0 Å². The van der Waals surface area contributed by atoms with Gasteiger partial charge in [-0.25, -0.2) is 5.43 Å². The van der Waals surface area contributed by atoms with Crippen molar-refractivity contribution in [3.05, 3.63) is 107 Å². The summed E-state index contributed by atoms with van der Waals surface area (Å²) in [6, 6.07) is 29.7. The number of halogens is 1. The van der Waals surface area contributed by atoms with E-state index in [1.165, 1.54) is 11.8 Å². The van der Waals surface area contributed by atoms with E-state index in [4.69, 9.17) is 11.6 Å². The molecule has 0 saturated heterocycles. The Morgan fingerprint density at radius 3 is 2.46 bits per heavy atom. The second-order valence-corrected chi connectivity index (χ2v) is 9.91. The second kappa shape index (κ2) is 11.0. The number of rotatable bonds is 7. The molecular weight excluding hydrogens is 502 g/mol. The molecule has 184 valence electrons. The molecule has 37 heavy (non-hydrogen) atoms. The third-order valence-electron chi connectivity index (χ3n) is 5.89. The molecular formula is C29H24ClN5OS. The number of benzene rings is 4. The smallest absolute Gasteiger partial charge is 0.250 e. The molecule has 0 aliphatic heterocycles. The average Bonchev–Trinajstić information content (AvgIpc) is 3.35. The van der Waals surface area contributed by atoms with Gasteiger partial charge in [-0.2, -0.15) is 5.10 Å². The minimum atomic E-state index is -0.226. The van der Waals surface area contributed by atoms with Crippen LogP contribution in [0.4, 0.5) is 0 Å². The number of thioether (sulfide) groups is 1. The summed E-state index contributed by atoms with van der Waals surface area (Å²) >= 11 is 7.39. The fourth-order valence-corrected chi connectivity index (χ4v) is 4.86. The summed E-state index contributed by atoms with van der Waals surface area (Å²) in [5, 5.41) is 16.7. The Labute approximate surface area is 224 Å². The molecule has 1 N–H and O–H groups in total. The van der Waals surface area contributed by atoms with Crippen molar-refractivity contribution in [2.45, 2.75) is 19.0 Å². The highest BCUT2D eigenvalue weighted by molar-refractivity contribution is 7.99. The molecule has 0 unspecified atom stereocenters. The number of amides is 1. The first-order valence-corrected chi connectivity index (χ1v) is 13.1. The molecule has 0 bridgehead atoms. The summed E-state index contributed by atoms with van der Waals surface area (Å²) in [5.41, 5.74) is 7.35. The van der Waals surface area contributed by atoms with Gasteiger partial charge in [-0.05, 0) is 61.0 Å². The number of hydrogen-bond donors (Lipinski definition) is 1. The van der Waals surface area contributed by atoms with Crippen LogP contribution in [-0.2, 0) is 4.79 Å². The third-order valence-corrected chi connectivity index (χ3v) is 7.07. The summed E-state index contributed by atoms with van der Waals surface area (Å²) in [6.45, 7) is 3.93. The van der Waals surface area contributed by atoms with Crippen molar-refractivity contribution in [2.75, 3.05) is 5.75 Å². The highest BCUT2D eigenvalue weighted by atomic mass is 35.5. The van der Waals surface area contributed by atoms with Crippen LogP contribution in [-0.4, -0.2) is 32.1 Å². The fourth-order valence-electron chi connectivity index (χ4n) is 3.99. The normalized spacial score (nSPS) is 11.6. The van der Waals surface area contributed by atoms with E-state index in [1.807, 2.05) is 91.2 Å². The van der Waals surface area contributed by atoms with Crippen molar-refractivity contribution in [2.24, 2.45) is 5.10 Å². The molecule has 1 heterocycles. The zero-order valence-corrected chi connectivity index (χ0v) is 21.9. The second-order valence-electron chi connectivity index (χ2n) is 8.53. The van der Waals surface area contributed by atoms with Gasteiger partial charge in [0.15, 0.2) is 11.0 Å². The Balaban J connectivity index is 1.35. The van der Waals surface area contributed by atoms with Crippen LogP contribution >= 0.6 is 23.4 Å². The van der Waals surface area contributed by atoms with Crippen LogP contribution < -0.4 is 5.43 Å². The maximum atomic E-state index is 12.7. The highest BCUT2D eigenvalue weighted by Crippen LogP contribution is 2.29. The molecule has 4 aromatic carbocycles. The molecule has 0 atom stereocenters. The van der Waals surface area contributed by atoms with Gasteiger partial charge in [0.2, 0.25) is 0 Å². The van der Waals surface area contributed by atoms with E-state index in [-0.39, 0.29) is 11.7 Å². The quantitative estimate of drug-likeness (QED) is 0.146. The van der Waals surface area contributed by atoms with E-state index in [1.54, 1.807) is 0 Å². The minimum Gasteiger partial charge on any atom is -0.272 e. The molecule has 8 heteroatoms. The number of fused-ring (bicyclic) bond motifs is 1. The Morgan fingerprint density at radius 2 is 1.68 bits per heavy atom. The molecule has 5 aromatic rings. The van der Waals surface area contributed by atoms with Crippen molar-refractivity contribution in [3.8, 4) is 17.1 Å². The number of nitrogens with zero attached hydrogens (tertiary/aromatic N) is 4. The van der Waals surface area contributed by atoms with Gasteiger partial charge in [0.05, 0.1) is 11.5 Å². The van der Waals surface area contributed by atoms with Crippen molar-refractivity contribution in [3.63, 3.8) is 0 Å². The van der Waals surface area contributed by atoms with Gasteiger partial charge >= 0.3 is 0 Å². The lowest BCUT2D eigenvalue weighted by Gasteiger charge is -2.11. The number of carbonyl (C=O) groups is 1. The number of aryl methyl sites for hydroxylation is 1. The molecule has 0 aliphatic rings. The van der Waals surface area contributed by atoms with Crippen molar-refractivity contribution in [1.82, 2.24) is 20.2 Å². The molecule has 0 spiro atoms. The highest BCUT2D eigenvalue weighted by Gasteiger charge is 2.17. The Kier molecular flexibility index (Phi) is 7.35. The lowest BCUT2D eigenvalue weighted by Crippen LogP contribution is -2.21. The minimum absolute atomic E-state index is 0.136. The average molecular weight is 526 g/mol. The Bertz CT molecular complexity index is 1590. The van der Waals surface area contributed by atoms with Gasteiger partial charge in [0, 0.05) is 21.8 Å². The van der Waals surface area contributed by atoms with Gasteiger partial charge in [-0.3, -0.25) is 9.36 Å². The zero-order valence-electron chi connectivity index (χ0n) is 20.4. The largest absolute Gasteiger partial charge is 0.272 e. The number of hydrazone groups is 1. The van der Waals surface area contributed by atoms with Crippen LogP contribution in [0.5, 0.6) is 0 Å². The summed E-state index contributed by atoms with van der Waals surface area (Å²) in [5.74, 6) is 0.584. The van der Waals surface area contributed by atoms with Gasteiger partial charge < -0.3 is 0 Å². The summed E-state index contributed by atoms with van der Waals surface area (Å²) < 4.78 is 1.95. The maximum absolute atomic E-state index is 12.7. The van der Waals surface area contributed by atoms with E-state index in [0.717, 1.165) is 38.9 Å². The van der Waals surface area contributed by atoms with E-state index < -0.39 is 0 Å². The monoisotopic (exact) mass is 525 g/mol. The maximum Gasteiger partial charge on any atom is 0.250 e. The first-order chi connectivity index (χ1) is 18.0. The summed E-state index contributed by atoms with van der Waals surface area (Å²) in [4.78, 5) is 12.7. The van der Waals surface area contributed by atoms with Gasteiger partial charge in [0.25, 0.3) is 5.91 Å². The van der Waals surface area contributed by atoms with Crippen LogP contribution in [0.2, 0.25) is 5.02 Å². The predicted molar refractivity (Wildman–Crippen MR) is 152 cm³/mol. The molecule has 1 aromatic heterocycles. The van der Waals surface area contributed by atoms with E-state index in [2.05, 4.69) is 38.9 Å². The first-order valence-electron chi connectivity index (χ1n) is 11.7. The summed E-state index contributed by atoms with van der Waals surface area (Å²) in [6.07, 6.45) is 0. The van der Waals surface area contributed by atoms with Crippen LogP contribution in [0.1, 0.15) is 18.1 Å². The number of aromatic nitrogens is 3. The Morgan fingerprint density at radius 1 is 0.946 bits per heavy atom. The lowest BCUT2D eigenvalue weighted by molar-refractivity contribution is -0.118. The third kappa shape index (κ3) is 5.58. The van der Waals surface area contributed by atoms with Gasteiger partial charge in [0.1, 0.15) is 0 Å². The molecule has 0 aliphatic carbocycles. The lowest BCUT2D eigenvalue weighted by atomic mass is 10.0. The van der Waals surface area contributed by atoms with Crippen molar-refractivity contribution < 1.29 is 4.79 Å².